The molecular weight excluding hydrogens is 360 g/mol. The number of anilines is 1. The highest BCUT2D eigenvalue weighted by Gasteiger charge is 2.34. The summed E-state index contributed by atoms with van der Waals surface area (Å²) in [6.45, 7) is 6.08. The number of rotatable bonds is 6. The fraction of sp³-hybridized carbons (Fsp3) is 0.750. The first-order valence-electron chi connectivity index (χ1n) is 8.76. The third-order valence-electron chi connectivity index (χ3n) is 4.59. The first-order chi connectivity index (χ1) is 12.0. The van der Waals surface area contributed by atoms with Gasteiger partial charge in [-0.05, 0) is 44.8 Å². The van der Waals surface area contributed by atoms with Crippen molar-refractivity contribution in [3.05, 3.63) is 3.95 Å². The molecule has 1 saturated heterocycles. The first-order valence-corrected chi connectivity index (χ1v) is 9.98. The van der Waals surface area contributed by atoms with Gasteiger partial charge < -0.3 is 4.74 Å². The zero-order chi connectivity index (χ0) is 18.0. The number of ether oxygens (including phenoxy) is 1. The summed E-state index contributed by atoms with van der Waals surface area (Å²) < 4.78 is 7.57. The predicted octanol–water partition coefficient (Wildman–Crippen LogP) is 2.42. The molecule has 1 aromatic heterocycles. The van der Waals surface area contributed by atoms with E-state index in [9.17, 15) is 9.59 Å². The van der Waals surface area contributed by atoms with Gasteiger partial charge in [-0.15, -0.1) is 5.10 Å². The van der Waals surface area contributed by atoms with Crippen LogP contribution >= 0.6 is 23.6 Å². The van der Waals surface area contributed by atoms with E-state index in [1.54, 1.807) is 16.5 Å². The number of piperidine rings is 1. The largest absolute Gasteiger partial charge is 0.466 e. The van der Waals surface area contributed by atoms with Gasteiger partial charge in [0.05, 0.1) is 19.2 Å². The summed E-state index contributed by atoms with van der Waals surface area (Å²) >= 11 is 6.82. The van der Waals surface area contributed by atoms with Gasteiger partial charge in [-0.3, -0.25) is 19.4 Å². The Balaban J connectivity index is 1.60. The van der Waals surface area contributed by atoms with Gasteiger partial charge >= 0.3 is 5.97 Å². The highest BCUT2D eigenvalue weighted by Crippen LogP contribution is 2.33. The van der Waals surface area contributed by atoms with Gasteiger partial charge in [-0.25, -0.2) is 4.68 Å². The van der Waals surface area contributed by atoms with Crippen LogP contribution in [0.5, 0.6) is 0 Å². The molecule has 1 saturated carbocycles. The van der Waals surface area contributed by atoms with Crippen molar-refractivity contribution in [3.8, 4) is 0 Å². The van der Waals surface area contributed by atoms with Gasteiger partial charge in [0.1, 0.15) is 0 Å². The predicted molar refractivity (Wildman–Crippen MR) is 98.1 cm³/mol. The summed E-state index contributed by atoms with van der Waals surface area (Å²) in [4.78, 5) is 27.7. The second kappa shape index (κ2) is 7.92. The third-order valence-corrected chi connectivity index (χ3v) is 5.90. The third kappa shape index (κ3) is 4.45. The average Bonchev–Trinajstić information content (AvgIpc) is 3.33. The fourth-order valence-corrected chi connectivity index (χ4v) is 4.32. The molecule has 2 fully saturated rings. The number of likely N-dealkylation sites (tertiary alicyclic amines) is 1. The van der Waals surface area contributed by atoms with Crippen molar-refractivity contribution in [1.82, 2.24) is 14.7 Å². The van der Waals surface area contributed by atoms with Crippen molar-refractivity contribution in [3.63, 3.8) is 0 Å². The number of carbonyl (C=O) groups excluding carboxylic acids is 2. The Bertz CT molecular complexity index is 690. The molecule has 0 radical (unpaired) electrons. The number of esters is 1. The van der Waals surface area contributed by atoms with Crippen LogP contribution in [0.25, 0.3) is 0 Å². The molecule has 0 spiro atoms. The van der Waals surface area contributed by atoms with E-state index < -0.39 is 0 Å². The van der Waals surface area contributed by atoms with Crippen molar-refractivity contribution < 1.29 is 14.3 Å². The van der Waals surface area contributed by atoms with E-state index in [1.807, 2.05) is 6.92 Å². The molecule has 0 atom stereocenters. The molecule has 3 rings (SSSR count). The molecule has 1 aromatic rings. The van der Waals surface area contributed by atoms with Crippen LogP contribution in [-0.4, -0.2) is 52.3 Å². The minimum absolute atomic E-state index is 0.00163. The molecule has 0 N–H and O–H groups in total. The van der Waals surface area contributed by atoms with Crippen LogP contribution in [0.15, 0.2) is 0 Å². The maximum atomic E-state index is 11.9. The molecule has 0 unspecified atom stereocenters. The van der Waals surface area contributed by atoms with E-state index in [-0.39, 0.29) is 23.8 Å². The summed E-state index contributed by atoms with van der Waals surface area (Å²) in [6, 6.07) is 0.284. The second-order valence-corrected chi connectivity index (χ2v) is 8.16. The SMILES string of the molecule is CCOC(=O)C1CCN(Cn2nc(N(C(C)=O)C3CC3)sc2=S)CC1. The summed E-state index contributed by atoms with van der Waals surface area (Å²) in [5, 5.41) is 5.27. The smallest absolute Gasteiger partial charge is 0.309 e. The van der Waals surface area contributed by atoms with Gasteiger partial charge in [0.15, 0.2) is 3.95 Å². The summed E-state index contributed by atoms with van der Waals surface area (Å²) in [7, 11) is 0. The first kappa shape index (κ1) is 18.5. The van der Waals surface area contributed by atoms with Crippen LogP contribution in [0.1, 0.15) is 39.5 Å². The zero-order valence-corrected chi connectivity index (χ0v) is 16.3. The number of hydrogen-bond donors (Lipinski definition) is 0. The van der Waals surface area contributed by atoms with Crippen LogP contribution in [-0.2, 0) is 21.0 Å². The van der Waals surface area contributed by atoms with Crippen molar-refractivity contribution >= 4 is 40.6 Å². The summed E-state index contributed by atoms with van der Waals surface area (Å²) in [5.74, 6) is -0.0665. The maximum Gasteiger partial charge on any atom is 0.309 e. The van der Waals surface area contributed by atoms with Crippen molar-refractivity contribution in [1.29, 1.82) is 0 Å². The Kier molecular flexibility index (Phi) is 5.85. The normalized spacial score (nSPS) is 19.0. The molecule has 0 bridgehead atoms. The van der Waals surface area contributed by atoms with E-state index in [0.717, 1.165) is 38.8 Å². The minimum Gasteiger partial charge on any atom is -0.466 e. The van der Waals surface area contributed by atoms with Gasteiger partial charge in [-0.2, -0.15) is 0 Å². The minimum atomic E-state index is -0.0868. The zero-order valence-electron chi connectivity index (χ0n) is 14.6. The molecular formula is C16H24N4O3S2. The van der Waals surface area contributed by atoms with Crippen LogP contribution in [0.4, 0.5) is 5.13 Å². The molecule has 1 amide bonds. The quantitative estimate of drug-likeness (QED) is 0.554. The number of carbonyl (C=O) groups is 2. The standard InChI is InChI=1S/C16H24N4O3S2/c1-3-23-14(22)12-6-8-18(9-7-12)10-19-16(24)25-15(17-19)20(11(2)21)13-4-5-13/h12-13H,3-10H2,1-2H3. The highest BCUT2D eigenvalue weighted by atomic mass is 32.1. The second-order valence-electron chi connectivity index (χ2n) is 6.56. The Hall–Kier alpha value is -1.32. The van der Waals surface area contributed by atoms with Crippen LogP contribution in [0, 0.1) is 9.87 Å². The Labute approximate surface area is 156 Å². The van der Waals surface area contributed by atoms with Crippen molar-refractivity contribution in [2.24, 2.45) is 5.92 Å². The average molecular weight is 385 g/mol. The van der Waals surface area contributed by atoms with Crippen LogP contribution in [0.2, 0.25) is 0 Å². The van der Waals surface area contributed by atoms with Crippen LogP contribution in [0.3, 0.4) is 0 Å². The summed E-state index contributed by atoms with van der Waals surface area (Å²) in [5.41, 5.74) is 0. The van der Waals surface area contributed by atoms with Gasteiger partial charge in [0.25, 0.3) is 0 Å². The number of amides is 1. The monoisotopic (exact) mass is 384 g/mol. The lowest BCUT2D eigenvalue weighted by molar-refractivity contribution is -0.149. The molecule has 1 aliphatic heterocycles. The fourth-order valence-electron chi connectivity index (χ4n) is 3.12. The van der Waals surface area contributed by atoms with Gasteiger partial charge in [0.2, 0.25) is 11.0 Å². The van der Waals surface area contributed by atoms with Gasteiger partial charge in [-0.1, -0.05) is 11.3 Å². The number of hydrogen-bond acceptors (Lipinski definition) is 7. The Morgan fingerprint density at radius 3 is 2.56 bits per heavy atom. The molecule has 2 aliphatic rings. The molecule has 0 aromatic carbocycles. The molecule has 7 nitrogen and oxygen atoms in total. The maximum absolute atomic E-state index is 11.9. The Morgan fingerprint density at radius 2 is 2.00 bits per heavy atom. The number of nitrogens with zero attached hydrogens (tertiary/aromatic N) is 4. The van der Waals surface area contributed by atoms with Gasteiger partial charge in [0, 0.05) is 26.1 Å². The Morgan fingerprint density at radius 1 is 1.32 bits per heavy atom. The van der Waals surface area contributed by atoms with Crippen molar-refractivity contribution in [2.75, 3.05) is 24.6 Å². The lowest BCUT2D eigenvalue weighted by Gasteiger charge is -2.30. The lowest BCUT2D eigenvalue weighted by Crippen LogP contribution is -2.38. The molecule has 25 heavy (non-hydrogen) atoms. The van der Waals surface area contributed by atoms with E-state index in [4.69, 9.17) is 17.0 Å². The van der Waals surface area contributed by atoms with Crippen molar-refractivity contribution in [2.45, 2.75) is 52.2 Å². The molecule has 1 aliphatic carbocycles. The van der Waals surface area contributed by atoms with E-state index in [1.165, 1.54) is 11.3 Å². The molecule has 138 valence electrons. The van der Waals surface area contributed by atoms with E-state index in [0.29, 0.717) is 22.4 Å². The van der Waals surface area contributed by atoms with E-state index >= 15 is 0 Å². The highest BCUT2D eigenvalue weighted by molar-refractivity contribution is 7.73. The van der Waals surface area contributed by atoms with E-state index in [2.05, 4.69) is 10.00 Å². The lowest BCUT2D eigenvalue weighted by atomic mass is 9.97. The number of aromatic nitrogens is 2. The molecule has 2 heterocycles. The van der Waals surface area contributed by atoms with Crippen LogP contribution < -0.4 is 4.90 Å². The molecule has 9 heteroatoms. The topological polar surface area (TPSA) is 67.7 Å². The summed E-state index contributed by atoms with van der Waals surface area (Å²) in [6.07, 6.45) is 3.66.